The maximum absolute atomic E-state index is 13.4. The third-order valence-electron chi connectivity index (χ3n) is 2.10. The Balaban J connectivity index is 3.33. The van der Waals surface area contributed by atoms with Crippen LogP contribution in [-0.2, 0) is 11.4 Å². The number of halogens is 4. The summed E-state index contributed by atoms with van der Waals surface area (Å²) in [6, 6.07) is 4.39. The van der Waals surface area contributed by atoms with E-state index in [0.717, 1.165) is 12.1 Å². The summed E-state index contributed by atoms with van der Waals surface area (Å²) in [5, 5.41) is 0. The molecule has 106 valence electrons. The van der Waals surface area contributed by atoms with Crippen molar-refractivity contribution in [2.24, 2.45) is 4.40 Å². The van der Waals surface area contributed by atoms with Gasteiger partial charge in [0.25, 0.3) is 0 Å². The minimum atomic E-state index is -4.87. The first kappa shape index (κ1) is 16.0. The Hall–Kier alpha value is -1.08. The van der Waals surface area contributed by atoms with E-state index in [1.807, 2.05) is 0 Å². The molecule has 1 aromatic carbocycles. The SMILES string of the molecule is CC(C)(C)[S@@+]([O-])/N=C(/c1ccccc1F)C(F)(F)F. The molecule has 0 aliphatic carbocycles. The molecule has 0 unspecified atom stereocenters. The fourth-order valence-electron chi connectivity index (χ4n) is 1.13. The second-order valence-corrected chi connectivity index (χ2v) is 6.68. The zero-order chi connectivity index (χ0) is 14.8. The van der Waals surface area contributed by atoms with Crippen LogP contribution in [0.5, 0.6) is 0 Å². The van der Waals surface area contributed by atoms with Gasteiger partial charge in [0.05, 0.1) is 0 Å². The molecule has 0 N–H and O–H groups in total. The van der Waals surface area contributed by atoms with Gasteiger partial charge in [-0.15, -0.1) is 0 Å². The Bertz CT molecular complexity index is 479. The van der Waals surface area contributed by atoms with Crippen molar-refractivity contribution in [2.45, 2.75) is 31.7 Å². The van der Waals surface area contributed by atoms with Crippen LogP contribution in [0.15, 0.2) is 28.7 Å². The van der Waals surface area contributed by atoms with E-state index in [1.54, 1.807) is 0 Å². The molecule has 0 heterocycles. The van der Waals surface area contributed by atoms with E-state index < -0.39 is 39.4 Å². The molecule has 0 aliphatic heterocycles. The van der Waals surface area contributed by atoms with Gasteiger partial charge < -0.3 is 4.55 Å². The van der Waals surface area contributed by atoms with Gasteiger partial charge in [-0.2, -0.15) is 13.2 Å². The summed E-state index contributed by atoms with van der Waals surface area (Å²) < 4.78 is 66.1. The van der Waals surface area contributed by atoms with Crippen molar-refractivity contribution in [3.63, 3.8) is 0 Å². The molecule has 7 heteroatoms. The third kappa shape index (κ3) is 4.21. The molecule has 1 aromatic rings. The predicted molar refractivity (Wildman–Crippen MR) is 66.9 cm³/mol. The molecule has 1 rings (SSSR count). The lowest BCUT2D eigenvalue weighted by Crippen LogP contribution is -2.32. The smallest absolute Gasteiger partial charge is 0.438 e. The maximum Gasteiger partial charge on any atom is 0.438 e. The first-order chi connectivity index (χ1) is 8.53. The highest BCUT2D eigenvalue weighted by molar-refractivity contribution is 7.91. The van der Waals surface area contributed by atoms with Crippen LogP contribution in [-0.4, -0.2) is 21.2 Å². The molecule has 2 nitrogen and oxygen atoms in total. The van der Waals surface area contributed by atoms with Crippen LogP contribution in [0.25, 0.3) is 0 Å². The summed E-state index contributed by atoms with van der Waals surface area (Å²) in [5.41, 5.74) is -2.16. The summed E-state index contributed by atoms with van der Waals surface area (Å²) in [6.07, 6.45) is -4.87. The van der Waals surface area contributed by atoms with E-state index in [2.05, 4.69) is 4.40 Å². The number of alkyl halides is 3. The van der Waals surface area contributed by atoms with Crippen LogP contribution in [0.1, 0.15) is 26.3 Å². The average Bonchev–Trinajstić information content (AvgIpc) is 2.24. The van der Waals surface area contributed by atoms with Crippen LogP contribution in [0.3, 0.4) is 0 Å². The average molecular weight is 295 g/mol. The van der Waals surface area contributed by atoms with Crippen LogP contribution in [0, 0.1) is 5.82 Å². The lowest BCUT2D eigenvalue weighted by molar-refractivity contribution is -0.0580. The van der Waals surface area contributed by atoms with Crippen molar-refractivity contribution in [3.05, 3.63) is 35.6 Å². The van der Waals surface area contributed by atoms with E-state index in [4.69, 9.17) is 0 Å². The minimum Gasteiger partial charge on any atom is -0.591 e. The predicted octanol–water partition coefficient (Wildman–Crippen LogP) is 3.64. The molecule has 0 spiro atoms. The molecule has 0 radical (unpaired) electrons. The molecule has 0 amide bonds. The summed E-state index contributed by atoms with van der Waals surface area (Å²) in [7, 11) is 0. The summed E-state index contributed by atoms with van der Waals surface area (Å²) in [4.78, 5) is 0. The lowest BCUT2D eigenvalue weighted by atomic mass is 10.1. The van der Waals surface area contributed by atoms with Gasteiger partial charge in [0.15, 0.2) is 0 Å². The number of rotatable bonds is 2. The van der Waals surface area contributed by atoms with Gasteiger partial charge in [-0.25, -0.2) is 4.39 Å². The van der Waals surface area contributed by atoms with Crippen LogP contribution < -0.4 is 0 Å². The number of benzene rings is 1. The molecule has 19 heavy (non-hydrogen) atoms. The fourth-order valence-corrected chi connectivity index (χ4v) is 1.77. The quantitative estimate of drug-likeness (QED) is 0.466. The van der Waals surface area contributed by atoms with Crippen molar-refractivity contribution in [1.29, 1.82) is 0 Å². The van der Waals surface area contributed by atoms with Crippen molar-refractivity contribution in [1.82, 2.24) is 0 Å². The van der Waals surface area contributed by atoms with Gasteiger partial charge in [0, 0.05) is 5.56 Å². The van der Waals surface area contributed by atoms with Crippen LogP contribution in [0.4, 0.5) is 17.6 Å². The Morgan fingerprint density at radius 3 is 2.11 bits per heavy atom. The van der Waals surface area contributed by atoms with E-state index in [-0.39, 0.29) is 0 Å². The maximum atomic E-state index is 13.4. The summed E-state index contributed by atoms with van der Waals surface area (Å²) in [5.74, 6) is -1.05. The Morgan fingerprint density at radius 1 is 1.16 bits per heavy atom. The normalized spacial score (nSPS) is 15.5. The second kappa shape index (κ2) is 5.50. The molecule has 0 fully saturated rings. The van der Waals surface area contributed by atoms with Gasteiger partial charge in [-0.05, 0) is 32.9 Å². The standard InChI is InChI=1S/C12H13F4NOS/c1-11(2,3)19(18)17-10(12(14,15)16)8-6-4-5-7-9(8)13/h4-7H,1-3H3/b17-10-/t19-/m1/s1. The molecule has 0 bridgehead atoms. The molecule has 0 saturated carbocycles. The largest absolute Gasteiger partial charge is 0.591 e. The number of hydrogen-bond donors (Lipinski definition) is 0. The molecule has 1 atom stereocenters. The van der Waals surface area contributed by atoms with Crippen molar-refractivity contribution < 1.29 is 22.1 Å². The molecular formula is C12H13F4NOS. The first-order valence-electron chi connectivity index (χ1n) is 5.36. The molecule has 0 saturated heterocycles. The molecule has 0 aromatic heterocycles. The highest BCUT2D eigenvalue weighted by Crippen LogP contribution is 2.27. The topological polar surface area (TPSA) is 35.4 Å². The molecular weight excluding hydrogens is 282 g/mol. The highest BCUT2D eigenvalue weighted by atomic mass is 32.2. The summed E-state index contributed by atoms with van der Waals surface area (Å²) in [6.45, 7) is 4.46. The summed E-state index contributed by atoms with van der Waals surface area (Å²) >= 11 is -2.12. The van der Waals surface area contributed by atoms with E-state index >= 15 is 0 Å². The lowest BCUT2D eigenvalue weighted by Gasteiger charge is -2.20. The van der Waals surface area contributed by atoms with Gasteiger partial charge in [0.2, 0.25) is 5.71 Å². The van der Waals surface area contributed by atoms with Crippen molar-refractivity contribution in [3.8, 4) is 0 Å². The number of hydrogen-bond acceptors (Lipinski definition) is 2. The highest BCUT2D eigenvalue weighted by Gasteiger charge is 2.42. The zero-order valence-corrected chi connectivity index (χ0v) is 11.4. The van der Waals surface area contributed by atoms with E-state index in [0.29, 0.717) is 0 Å². The Kier molecular flexibility index (Phi) is 4.63. The van der Waals surface area contributed by atoms with E-state index in [9.17, 15) is 22.1 Å². The number of nitrogens with zero attached hydrogens (tertiary/aromatic N) is 1. The molecule has 0 aliphatic rings. The van der Waals surface area contributed by atoms with Crippen LogP contribution >= 0.6 is 0 Å². The van der Waals surface area contributed by atoms with Crippen molar-refractivity contribution >= 4 is 17.1 Å². The van der Waals surface area contributed by atoms with Gasteiger partial charge >= 0.3 is 6.18 Å². The van der Waals surface area contributed by atoms with Gasteiger partial charge in [-0.1, -0.05) is 16.5 Å². The van der Waals surface area contributed by atoms with E-state index in [1.165, 1.54) is 32.9 Å². The minimum absolute atomic E-state index is 0.701. The second-order valence-electron chi connectivity index (χ2n) is 4.78. The third-order valence-corrected chi connectivity index (χ3v) is 3.49. The monoisotopic (exact) mass is 295 g/mol. The van der Waals surface area contributed by atoms with Crippen molar-refractivity contribution in [2.75, 3.05) is 0 Å². The van der Waals surface area contributed by atoms with Crippen LogP contribution in [0.2, 0.25) is 0 Å². The Morgan fingerprint density at radius 2 is 1.68 bits per heavy atom. The van der Waals surface area contributed by atoms with Gasteiger partial charge in [-0.3, -0.25) is 0 Å². The fraction of sp³-hybridized carbons (Fsp3) is 0.417. The Labute approximate surface area is 111 Å². The first-order valence-corrected chi connectivity index (χ1v) is 6.47. The zero-order valence-electron chi connectivity index (χ0n) is 10.6. The van der Waals surface area contributed by atoms with Gasteiger partial charge in [0.1, 0.15) is 21.9 Å².